The first-order chi connectivity index (χ1) is 15.9. The molecule has 0 aliphatic carbocycles. The van der Waals surface area contributed by atoms with Crippen molar-refractivity contribution in [3.63, 3.8) is 0 Å². The Morgan fingerprint density at radius 3 is 2.42 bits per heavy atom. The highest BCUT2D eigenvalue weighted by atomic mass is 32.2. The van der Waals surface area contributed by atoms with E-state index in [0.717, 1.165) is 43.5 Å². The van der Waals surface area contributed by atoms with Crippen LogP contribution in [-0.4, -0.2) is 63.5 Å². The normalized spacial score (nSPS) is 15.5. The van der Waals surface area contributed by atoms with Crippen LogP contribution in [0.15, 0.2) is 47.6 Å². The van der Waals surface area contributed by atoms with Crippen LogP contribution in [0.3, 0.4) is 0 Å². The summed E-state index contributed by atoms with van der Waals surface area (Å²) in [5, 5.41) is 8.36. The number of ketones is 1. The van der Waals surface area contributed by atoms with Crippen LogP contribution in [-0.2, 0) is 11.3 Å². The maximum Gasteiger partial charge on any atom is 0.192 e. The van der Waals surface area contributed by atoms with Gasteiger partial charge in [0.2, 0.25) is 0 Å². The molecular weight excluding hydrogens is 453 g/mol. The third-order valence-corrected chi connectivity index (χ3v) is 6.49. The van der Waals surface area contributed by atoms with Gasteiger partial charge in [-0.2, -0.15) is 0 Å². The van der Waals surface area contributed by atoms with Gasteiger partial charge in [-0.3, -0.25) is 9.69 Å². The minimum atomic E-state index is -0.895. The van der Waals surface area contributed by atoms with E-state index in [9.17, 15) is 18.0 Å². The van der Waals surface area contributed by atoms with Gasteiger partial charge in [0, 0.05) is 37.8 Å². The Bertz CT molecular complexity index is 1120. The van der Waals surface area contributed by atoms with E-state index in [-0.39, 0.29) is 11.4 Å². The zero-order valence-corrected chi connectivity index (χ0v) is 18.8. The zero-order chi connectivity index (χ0) is 23.4. The summed E-state index contributed by atoms with van der Waals surface area (Å²) >= 11 is 1.15. The third-order valence-electron chi connectivity index (χ3n) is 5.41. The van der Waals surface area contributed by atoms with Gasteiger partial charge in [0.1, 0.15) is 17.5 Å². The molecule has 0 spiro atoms. The van der Waals surface area contributed by atoms with Gasteiger partial charge in [0.15, 0.2) is 16.8 Å². The van der Waals surface area contributed by atoms with Gasteiger partial charge < -0.3 is 9.30 Å². The fourth-order valence-electron chi connectivity index (χ4n) is 3.58. The average molecular weight is 477 g/mol. The number of hydrogen-bond donors (Lipinski definition) is 0. The summed E-state index contributed by atoms with van der Waals surface area (Å²) in [6, 6.07) is 8.87. The predicted molar refractivity (Wildman–Crippen MR) is 119 cm³/mol. The van der Waals surface area contributed by atoms with Crippen LogP contribution < -0.4 is 0 Å². The summed E-state index contributed by atoms with van der Waals surface area (Å²) in [6.07, 6.45) is 0. The number of Topliss-reactive ketones (excluding diaryl/α,β-unsaturated/α-hetero) is 1. The van der Waals surface area contributed by atoms with Crippen LogP contribution in [0.1, 0.15) is 17.3 Å². The minimum Gasteiger partial charge on any atom is -0.379 e. The number of morpholine rings is 1. The Morgan fingerprint density at radius 1 is 1.03 bits per heavy atom. The molecule has 1 saturated heterocycles. The molecule has 1 aromatic heterocycles. The van der Waals surface area contributed by atoms with E-state index in [2.05, 4.69) is 15.1 Å². The van der Waals surface area contributed by atoms with Crippen LogP contribution in [0.5, 0.6) is 0 Å². The van der Waals surface area contributed by atoms with Crippen molar-refractivity contribution >= 4 is 17.5 Å². The zero-order valence-electron chi connectivity index (χ0n) is 18.0. The molecule has 2 heterocycles. The van der Waals surface area contributed by atoms with Crippen LogP contribution in [0, 0.1) is 17.5 Å². The maximum absolute atomic E-state index is 14.1. The molecule has 6 nitrogen and oxygen atoms in total. The van der Waals surface area contributed by atoms with Gasteiger partial charge in [0.05, 0.1) is 24.0 Å². The molecule has 3 aromatic rings. The fourth-order valence-corrected chi connectivity index (χ4v) is 4.52. The summed E-state index contributed by atoms with van der Waals surface area (Å²) in [6.45, 7) is 5.89. The molecule has 0 bridgehead atoms. The van der Waals surface area contributed by atoms with Gasteiger partial charge in [-0.1, -0.05) is 11.8 Å². The highest BCUT2D eigenvalue weighted by Crippen LogP contribution is 2.29. The predicted octanol–water partition coefficient (Wildman–Crippen LogP) is 4.06. The maximum atomic E-state index is 14.1. The van der Waals surface area contributed by atoms with Gasteiger partial charge in [0.25, 0.3) is 0 Å². The average Bonchev–Trinajstić information content (AvgIpc) is 3.20. The second-order valence-corrected chi connectivity index (χ2v) is 8.98. The van der Waals surface area contributed by atoms with Crippen LogP contribution in [0.2, 0.25) is 0 Å². The van der Waals surface area contributed by atoms with E-state index in [1.54, 1.807) is 19.1 Å². The fraction of sp³-hybridized carbons (Fsp3) is 0.348. The molecule has 4 rings (SSSR count). The quantitative estimate of drug-likeness (QED) is 0.361. The van der Waals surface area contributed by atoms with E-state index >= 15 is 0 Å². The van der Waals surface area contributed by atoms with E-state index in [4.69, 9.17) is 4.74 Å². The Morgan fingerprint density at radius 2 is 1.73 bits per heavy atom. The van der Waals surface area contributed by atoms with Crippen molar-refractivity contribution in [3.8, 4) is 11.4 Å². The summed E-state index contributed by atoms with van der Waals surface area (Å²) in [4.78, 5) is 15.1. The Balaban J connectivity index is 1.58. The van der Waals surface area contributed by atoms with Crippen molar-refractivity contribution in [3.05, 3.63) is 65.5 Å². The summed E-state index contributed by atoms with van der Waals surface area (Å²) in [5.74, 6) is -1.90. The first kappa shape index (κ1) is 23.5. The minimum absolute atomic E-state index is 0.172. The highest BCUT2D eigenvalue weighted by Gasteiger charge is 2.24. The van der Waals surface area contributed by atoms with Crippen LogP contribution in [0.25, 0.3) is 11.4 Å². The molecule has 0 N–H and O–H groups in total. The molecule has 174 valence electrons. The van der Waals surface area contributed by atoms with Gasteiger partial charge in [-0.05, 0) is 43.3 Å². The standard InChI is InChI=1S/C23H23F3N4O2S/c1-15(21(31)19-7-6-18(25)14-20(19)26)33-23-28-27-22(16-2-4-17(24)5-3-16)30(23)9-8-29-10-12-32-13-11-29/h2-7,14-15H,8-13H2,1H3. The van der Waals surface area contributed by atoms with Crippen molar-refractivity contribution in [2.24, 2.45) is 0 Å². The number of rotatable bonds is 8. The lowest BCUT2D eigenvalue weighted by Crippen LogP contribution is -2.38. The van der Waals surface area contributed by atoms with Crippen LogP contribution in [0.4, 0.5) is 13.2 Å². The summed E-state index contributed by atoms with van der Waals surface area (Å²) < 4.78 is 48.0. The molecule has 1 atom stereocenters. The third kappa shape index (κ3) is 5.63. The first-order valence-corrected chi connectivity index (χ1v) is 11.5. The molecule has 1 fully saturated rings. The van der Waals surface area contributed by atoms with Crippen molar-refractivity contribution in [1.29, 1.82) is 0 Å². The van der Waals surface area contributed by atoms with Crippen LogP contribution >= 0.6 is 11.8 Å². The number of ether oxygens (including phenoxy) is 1. The van der Waals surface area contributed by atoms with Crippen molar-refractivity contribution in [1.82, 2.24) is 19.7 Å². The molecule has 0 radical (unpaired) electrons. The number of halogens is 3. The SMILES string of the molecule is CC(Sc1nnc(-c2ccc(F)cc2)n1CCN1CCOCC1)C(=O)c1ccc(F)cc1F. The van der Waals surface area contributed by atoms with Crippen molar-refractivity contribution in [2.75, 3.05) is 32.8 Å². The van der Waals surface area contributed by atoms with Gasteiger partial charge in [-0.25, -0.2) is 13.2 Å². The second kappa shape index (κ2) is 10.5. The van der Waals surface area contributed by atoms with Gasteiger partial charge >= 0.3 is 0 Å². The summed E-state index contributed by atoms with van der Waals surface area (Å²) in [7, 11) is 0. The largest absolute Gasteiger partial charge is 0.379 e. The lowest BCUT2D eigenvalue weighted by Gasteiger charge is -2.27. The number of nitrogens with zero attached hydrogens (tertiary/aromatic N) is 4. The number of carbonyl (C=O) groups is 1. The number of thioether (sulfide) groups is 1. The monoisotopic (exact) mass is 476 g/mol. The molecule has 2 aromatic carbocycles. The number of carbonyl (C=O) groups excluding carboxylic acids is 1. The number of benzene rings is 2. The number of hydrogen-bond acceptors (Lipinski definition) is 6. The second-order valence-electron chi connectivity index (χ2n) is 7.67. The smallest absolute Gasteiger partial charge is 0.192 e. The van der Waals surface area contributed by atoms with E-state index in [1.165, 1.54) is 12.1 Å². The molecule has 0 saturated carbocycles. The molecule has 33 heavy (non-hydrogen) atoms. The first-order valence-electron chi connectivity index (χ1n) is 10.6. The molecule has 0 amide bonds. The topological polar surface area (TPSA) is 60.3 Å². The molecule has 1 unspecified atom stereocenters. The van der Waals surface area contributed by atoms with E-state index in [0.29, 0.717) is 42.4 Å². The van der Waals surface area contributed by atoms with Gasteiger partial charge in [-0.15, -0.1) is 10.2 Å². The Hall–Kier alpha value is -2.69. The molecule has 1 aliphatic rings. The highest BCUT2D eigenvalue weighted by molar-refractivity contribution is 8.00. The number of aromatic nitrogens is 3. The van der Waals surface area contributed by atoms with E-state index in [1.807, 2.05) is 4.57 Å². The molecule has 10 heteroatoms. The van der Waals surface area contributed by atoms with Crippen molar-refractivity contribution < 1.29 is 22.7 Å². The lowest BCUT2D eigenvalue weighted by molar-refractivity contribution is 0.0361. The molecular formula is C23H23F3N4O2S. The summed E-state index contributed by atoms with van der Waals surface area (Å²) in [5.41, 5.74) is 0.524. The van der Waals surface area contributed by atoms with E-state index < -0.39 is 22.7 Å². The lowest BCUT2D eigenvalue weighted by atomic mass is 10.1. The Kier molecular flexibility index (Phi) is 7.46. The Labute approximate surface area is 193 Å². The molecule has 1 aliphatic heterocycles. The van der Waals surface area contributed by atoms with Crippen molar-refractivity contribution in [2.45, 2.75) is 23.9 Å².